The van der Waals surface area contributed by atoms with Crippen LogP contribution in [0.15, 0.2) is 30.6 Å². The Morgan fingerprint density at radius 2 is 2.03 bits per heavy atom. The number of piperidine rings is 1. The number of carbonyl (C=O) groups is 1. The first-order valence-electron chi connectivity index (χ1n) is 9.71. The maximum atomic E-state index is 12.3. The number of alkyl halides is 3. The summed E-state index contributed by atoms with van der Waals surface area (Å²) in [5.74, 6) is -1.33. The molecule has 172 valence electrons. The molecule has 1 aliphatic heterocycles. The first kappa shape index (κ1) is 23.0. The smallest absolute Gasteiger partial charge is 0.466 e. The highest BCUT2D eigenvalue weighted by Gasteiger charge is 2.33. The Morgan fingerprint density at radius 3 is 2.66 bits per heavy atom. The molecule has 13 heteroatoms. The summed E-state index contributed by atoms with van der Waals surface area (Å²) in [4.78, 5) is 32.9. The van der Waals surface area contributed by atoms with E-state index in [2.05, 4.69) is 20.0 Å². The largest absolute Gasteiger partial charge is 0.573 e. The maximum absolute atomic E-state index is 12.3. The summed E-state index contributed by atoms with van der Waals surface area (Å²) in [5, 5.41) is 14.6. The quantitative estimate of drug-likeness (QED) is 0.377. The zero-order valence-electron chi connectivity index (χ0n) is 17.0. The van der Waals surface area contributed by atoms with E-state index in [1.54, 1.807) is 11.8 Å². The number of anilines is 3. The van der Waals surface area contributed by atoms with E-state index in [0.29, 0.717) is 19.4 Å². The first-order valence-corrected chi connectivity index (χ1v) is 9.71. The Kier molecular flexibility index (Phi) is 6.95. The molecule has 0 saturated carbocycles. The maximum Gasteiger partial charge on any atom is 0.573 e. The van der Waals surface area contributed by atoms with Crippen LogP contribution in [0.25, 0.3) is 0 Å². The molecule has 32 heavy (non-hydrogen) atoms. The van der Waals surface area contributed by atoms with E-state index in [9.17, 15) is 28.1 Å². The van der Waals surface area contributed by atoms with Gasteiger partial charge in [-0.2, -0.15) is 0 Å². The van der Waals surface area contributed by atoms with Crippen molar-refractivity contribution in [3.8, 4) is 5.75 Å². The van der Waals surface area contributed by atoms with Gasteiger partial charge in [0.05, 0.1) is 17.4 Å². The Labute approximate surface area is 180 Å². The van der Waals surface area contributed by atoms with Gasteiger partial charge < -0.3 is 19.7 Å². The van der Waals surface area contributed by atoms with Gasteiger partial charge >= 0.3 is 18.0 Å². The van der Waals surface area contributed by atoms with Gasteiger partial charge in [0, 0.05) is 18.8 Å². The summed E-state index contributed by atoms with van der Waals surface area (Å²) in [7, 11) is 0. The molecule has 2 heterocycles. The standard InChI is InChI=1S/C19H20F3N5O5/c1-2-31-18(28)12-4-3-9-26(10-12)17-15(27(29)30)16(23-11-24-17)25-13-5-7-14(8-6-13)32-19(20,21)22/h5-8,11-12H,2-4,9-10H2,1H3,(H,23,24,25). The molecule has 10 nitrogen and oxygen atoms in total. The highest BCUT2D eigenvalue weighted by molar-refractivity contribution is 5.77. The number of halogens is 3. The van der Waals surface area contributed by atoms with Gasteiger partial charge in [-0.3, -0.25) is 14.9 Å². The molecule has 1 N–H and O–H groups in total. The number of nitro groups is 1. The summed E-state index contributed by atoms with van der Waals surface area (Å²) < 4.78 is 45.8. The Balaban J connectivity index is 1.84. The molecule has 1 aromatic heterocycles. The van der Waals surface area contributed by atoms with E-state index < -0.39 is 28.6 Å². The Hall–Kier alpha value is -3.64. The van der Waals surface area contributed by atoms with Crippen molar-refractivity contribution in [1.29, 1.82) is 0 Å². The molecule has 1 aliphatic rings. The summed E-state index contributed by atoms with van der Waals surface area (Å²) in [5.41, 5.74) is -0.150. The second kappa shape index (κ2) is 9.66. The average molecular weight is 455 g/mol. The van der Waals surface area contributed by atoms with Crippen molar-refractivity contribution in [3.63, 3.8) is 0 Å². The van der Waals surface area contributed by atoms with Gasteiger partial charge in [-0.15, -0.1) is 13.2 Å². The minimum absolute atomic E-state index is 0.0403. The zero-order chi connectivity index (χ0) is 23.3. The van der Waals surface area contributed by atoms with Gasteiger partial charge in [-0.1, -0.05) is 0 Å². The monoisotopic (exact) mass is 455 g/mol. The van der Waals surface area contributed by atoms with Crippen molar-refractivity contribution in [3.05, 3.63) is 40.7 Å². The Morgan fingerprint density at radius 1 is 1.31 bits per heavy atom. The third kappa shape index (κ3) is 5.74. The third-order valence-electron chi connectivity index (χ3n) is 4.68. The van der Waals surface area contributed by atoms with Gasteiger partial charge in [0.25, 0.3) is 0 Å². The van der Waals surface area contributed by atoms with Crippen LogP contribution in [0.5, 0.6) is 5.75 Å². The molecule has 3 rings (SSSR count). The molecule has 0 aliphatic carbocycles. The second-order valence-corrected chi connectivity index (χ2v) is 6.89. The number of hydrogen-bond donors (Lipinski definition) is 1. The van der Waals surface area contributed by atoms with Crippen molar-refractivity contribution < 1.29 is 32.4 Å². The number of benzene rings is 1. The molecule has 1 fully saturated rings. The number of nitrogens with zero attached hydrogens (tertiary/aromatic N) is 4. The lowest BCUT2D eigenvalue weighted by Crippen LogP contribution is -2.40. The van der Waals surface area contributed by atoms with Gasteiger partial charge in [-0.05, 0) is 44.0 Å². The molecular weight excluding hydrogens is 435 g/mol. The third-order valence-corrected chi connectivity index (χ3v) is 4.68. The van der Waals surface area contributed by atoms with Gasteiger partial charge in [0.2, 0.25) is 11.6 Å². The lowest BCUT2D eigenvalue weighted by molar-refractivity contribution is -0.383. The second-order valence-electron chi connectivity index (χ2n) is 6.89. The molecule has 1 saturated heterocycles. The van der Waals surface area contributed by atoms with Crippen molar-refractivity contribution in [2.45, 2.75) is 26.1 Å². The predicted molar refractivity (Wildman–Crippen MR) is 107 cm³/mol. The fourth-order valence-electron chi connectivity index (χ4n) is 3.36. The van der Waals surface area contributed by atoms with Crippen LogP contribution in [-0.2, 0) is 9.53 Å². The summed E-state index contributed by atoms with van der Waals surface area (Å²) in [6.45, 7) is 2.60. The van der Waals surface area contributed by atoms with Crippen LogP contribution in [0.2, 0.25) is 0 Å². The van der Waals surface area contributed by atoms with Crippen LogP contribution < -0.4 is 15.0 Å². The number of rotatable bonds is 7. The highest BCUT2D eigenvalue weighted by Crippen LogP contribution is 2.36. The lowest BCUT2D eigenvalue weighted by atomic mass is 9.98. The minimum Gasteiger partial charge on any atom is -0.466 e. The lowest BCUT2D eigenvalue weighted by Gasteiger charge is -2.32. The number of hydrogen-bond acceptors (Lipinski definition) is 9. The summed E-state index contributed by atoms with van der Waals surface area (Å²) >= 11 is 0. The number of nitrogens with one attached hydrogen (secondary N) is 1. The van der Waals surface area contributed by atoms with Gasteiger partial charge in [-0.25, -0.2) is 9.97 Å². The topological polar surface area (TPSA) is 120 Å². The van der Waals surface area contributed by atoms with E-state index in [-0.39, 0.29) is 36.4 Å². The van der Waals surface area contributed by atoms with E-state index in [1.807, 2.05) is 0 Å². The van der Waals surface area contributed by atoms with E-state index in [4.69, 9.17) is 4.74 Å². The number of aromatic nitrogens is 2. The van der Waals surface area contributed by atoms with E-state index in [0.717, 1.165) is 18.5 Å². The summed E-state index contributed by atoms with van der Waals surface area (Å²) in [6, 6.07) is 4.67. The van der Waals surface area contributed by atoms with Crippen LogP contribution in [0.1, 0.15) is 19.8 Å². The molecule has 1 atom stereocenters. The fourth-order valence-corrected chi connectivity index (χ4v) is 3.36. The minimum atomic E-state index is -4.83. The van der Waals surface area contributed by atoms with Crippen molar-refractivity contribution in [2.75, 3.05) is 29.9 Å². The van der Waals surface area contributed by atoms with Crippen LogP contribution in [0, 0.1) is 16.0 Å². The summed E-state index contributed by atoms with van der Waals surface area (Å²) in [6.07, 6.45) is -2.47. The van der Waals surface area contributed by atoms with E-state index in [1.165, 1.54) is 12.1 Å². The SMILES string of the molecule is CCOC(=O)C1CCCN(c2ncnc(Nc3ccc(OC(F)(F)F)cc3)c2[N+](=O)[O-])C1. The van der Waals surface area contributed by atoms with Crippen LogP contribution in [0.3, 0.4) is 0 Å². The molecule has 1 aromatic carbocycles. The molecule has 0 spiro atoms. The molecule has 2 aromatic rings. The molecule has 0 bridgehead atoms. The van der Waals surface area contributed by atoms with Crippen molar-refractivity contribution >= 4 is 29.0 Å². The number of esters is 1. The van der Waals surface area contributed by atoms with Crippen LogP contribution >= 0.6 is 0 Å². The van der Waals surface area contributed by atoms with Gasteiger partial charge in [0.1, 0.15) is 12.1 Å². The molecule has 0 radical (unpaired) electrons. The van der Waals surface area contributed by atoms with Crippen molar-refractivity contribution in [2.24, 2.45) is 5.92 Å². The number of ether oxygens (including phenoxy) is 2. The van der Waals surface area contributed by atoms with Crippen LogP contribution in [0.4, 0.5) is 36.2 Å². The van der Waals surface area contributed by atoms with Gasteiger partial charge in [0.15, 0.2) is 0 Å². The molecule has 0 amide bonds. The Bertz CT molecular complexity index is 971. The average Bonchev–Trinajstić information content (AvgIpc) is 2.74. The predicted octanol–water partition coefficient (Wildman–Crippen LogP) is 3.81. The molecule has 1 unspecified atom stereocenters. The number of carbonyl (C=O) groups excluding carboxylic acids is 1. The first-order chi connectivity index (χ1) is 15.2. The van der Waals surface area contributed by atoms with E-state index >= 15 is 0 Å². The van der Waals surface area contributed by atoms with Crippen LogP contribution in [-0.4, -0.2) is 46.9 Å². The normalized spacial score (nSPS) is 16.4. The molecular formula is C19H20F3N5O5. The zero-order valence-corrected chi connectivity index (χ0v) is 17.0. The highest BCUT2D eigenvalue weighted by atomic mass is 19.4. The fraction of sp³-hybridized carbons (Fsp3) is 0.421. The van der Waals surface area contributed by atoms with Crippen molar-refractivity contribution in [1.82, 2.24) is 9.97 Å².